The van der Waals surface area contributed by atoms with E-state index in [1.54, 1.807) is 12.4 Å². The van der Waals surface area contributed by atoms with Gasteiger partial charge in [0.1, 0.15) is 0 Å². The molecular formula is C18H26N4O2. The number of hydrogen-bond acceptors (Lipinski definition) is 4. The SMILES string of the molecule is CN1CCC2(CCC1=O)CN(C(=O)Cc1cccnc1)CCN2C. The third-order valence-corrected chi connectivity index (χ3v) is 5.57. The van der Waals surface area contributed by atoms with Crippen LogP contribution in [-0.2, 0) is 16.0 Å². The van der Waals surface area contributed by atoms with Gasteiger partial charge in [0, 0.05) is 57.6 Å². The van der Waals surface area contributed by atoms with Crippen molar-refractivity contribution in [1.29, 1.82) is 0 Å². The summed E-state index contributed by atoms with van der Waals surface area (Å²) in [6, 6.07) is 3.80. The van der Waals surface area contributed by atoms with Crippen LogP contribution in [0.2, 0.25) is 0 Å². The molecule has 2 aliphatic rings. The molecule has 130 valence electrons. The van der Waals surface area contributed by atoms with E-state index in [1.165, 1.54) is 0 Å². The van der Waals surface area contributed by atoms with Crippen LogP contribution in [0.15, 0.2) is 24.5 Å². The van der Waals surface area contributed by atoms with E-state index in [-0.39, 0.29) is 17.4 Å². The second-order valence-electron chi connectivity index (χ2n) is 7.06. The standard InChI is InChI=1S/C18H26N4O2/c1-20-9-7-18(6-5-16(20)23)14-22(11-10-21(18)2)17(24)12-15-4-3-8-19-13-15/h3-4,8,13H,5-7,9-12,14H2,1-2H3. The van der Waals surface area contributed by atoms with Crippen molar-refractivity contribution >= 4 is 11.8 Å². The van der Waals surface area contributed by atoms with Gasteiger partial charge in [-0.25, -0.2) is 0 Å². The number of likely N-dealkylation sites (tertiary alicyclic amines) is 1. The third kappa shape index (κ3) is 3.43. The summed E-state index contributed by atoms with van der Waals surface area (Å²) in [6.45, 7) is 3.08. The average molecular weight is 330 g/mol. The van der Waals surface area contributed by atoms with Gasteiger partial charge < -0.3 is 9.80 Å². The Labute approximate surface area is 143 Å². The highest BCUT2D eigenvalue weighted by molar-refractivity contribution is 5.79. The molecule has 0 N–H and O–H groups in total. The van der Waals surface area contributed by atoms with Gasteiger partial charge in [0.2, 0.25) is 11.8 Å². The molecule has 6 nitrogen and oxygen atoms in total. The summed E-state index contributed by atoms with van der Waals surface area (Å²) in [7, 11) is 3.99. The van der Waals surface area contributed by atoms with E-state index in [0.717, 1.165) is 38.0 Å². The first-order chi connectivity index (χ1) is 11.5. The van der Waals surface area contributed by atoms with Crippen LogP contribution >= 0.6 is 0 Å². The molecule has 1 aromatic heterocycles. The molecular weight excluding hydrogens is 304 g/mol. The van der Waals surface area contributed by atoms with Crippen molar-refractivity contribution in [2.24, 2.45) is 0 Å². The molecule has 2 fully saturated rings. The largest absolute Gasteiger partial charge is 0.346 e. The first-order valence-electron chi connectivity index (χ1n) is 8.62. The zero-order chi connectivity index (χ0) is 17.2. The van der Waals surface area contributed by atoms with Gasteiger partial charge in [0.15, 0.2) is 0 Å². The summed E-state index contributed by atoms with van der Waals surface area (Å²) in [5, 5.41) is 0. The van der Waals surface area contributed by atoms with Crippen LogP contribution in [0, 0.1) is 0 Å². The van der Waals surface area contributed by atoms with Crippen molar-refractivity contribution in [3.63, 3.8) is 0 Å². The normalized spacial score (nSPS) is 25.8. The Kier molecular flexibility index (Phi) is 4.85. The van der Waals surface area contributed by atoms with E-state index >= 15 is 0 Å². The molecule has 1 unspecified atom stereocenters. The minimum atomic E-state index is -0.0801. The van der Waals surface area contributed by atoms with Gasteiger partial charge >= 0.3 is 0 Å². The summed E-state index contributed by atoms with van der Waals surface area (Å²) in [4.78, 5) is 35.0. The summed E-state index contributed by atoms with van der Waals surface area (Å²) < 4.78 is 0. The summed E-state index contributed by atoms with van der Waals surface area (Å²) in [5.41, 5.74) is 0.870. The molecule has 0 saturated carbocycles. The summed E-state index contributed by atoms with van der Waals surface area (Å²) in [5.74, 6) is 0.360. The Morgan fingerprint density at radius 3 is 2.83 bits per heavy atom. The smallest absolute Gasteiger partial charge is 0.227 e. The second kappa shape index (κ2) is 6.89. The molecule has 2 saturated heterocycles. The van der Waals surface area contributed by atoms with Gasteiger partial charge in [-0.1, -0.05) is 6.07 Å². The van der Waals surface area contributed by atoms with Gasteiger partial charge in [-0.15, -0.1) is 0 Å². The molecule has 24 heavy (non-hydrogen) atoms. The number of piperazine rings is 1. The van der Waals surface area contributed by atoms with Crippen molar-refractivity contribution in [2.75, 3.05) is 40.3 Å². The lowest BCUT2D eigenvalue weighted by atomic mass is 9.86. The minimum Gasteiger partial charge on any atom is -0.346 e. The molecule has 2 aliphatic heterocycles. The monoisotopic (exact) mass is 330 g/mol. The number of aromatic nitrogens is 1. The zero-order valence-electron chi connectivity index (χ0n) is 14.6. The Bertz CT molecular complexity index is 606. The van der Waals surface area contributed by atoms with Crippen LogP contribution < -0.4 is 0 Å². The Morgan fingerprint density at radius 2 is 2.08 bits per heavy atom. The maximum atomic E-state index is 12.7. The molecule has 0 aromatic carbocycles. The molecule has 1 aromatic rings. The van der Waals surface area contributed by atoms with Crippen LogP contribution in [-0.4, -0.2) is 77.3 Å². The molecule has 1 atom stereocenters. The molecule has 3 rings (SSSR count). The van der Waals surface area contributed by atoms with Crippen LogP contribution in [0.5, 0.6) is 0 Å². The van der Waals surface area contributed by atoms with E-state index in [2.05, 4.69) is 16.9 Å². The molecule has 1 spiro atoms. The third-order valence-electron chi connectivity index (χ3n) is 5.57. The molecule has 0 aliphatic carbocycles. The maximum absolute atomic E-state index is 12.7. The number of carbonyl (C=O) groups excluding carboxylic acids is 2. The Morgan fingerprint density at radius 1 is 1.25 bits per heavy atom. The van der Waals surface area contributed by atoms with E-state index in [1.807, 2.05) is 29.0 Å². The van der Waals surface area contributed by atoms with Crippen LogP contribution in [0.4, 0.5) is 0 Å². The number of hydrogen-bond donors (Lipinski definition) is 0. The van der Waals surface area contributed by atoms with Crippen LogP contribution in [0.1, 0.15) is 24.8 Å². The Hall–Kier alpha value is -1.95. The lowest BCUT2D eigenvalue weighted by Crippen LogP contribution is -2.62. The second-order valence-corrected chi connectivity index (χ2v) is 7.06. The molecule has 0 radical (unpaired) electrons. The van der Waals surface area contributed by atoms with E-state index < -0.39 is 0 Å². The topological polar surface area (TPSA) is 56.8 Å². The van der Waals surface area contributed by atoms with E-state index in [9.17, 15) is 9.59 Å². The predicted molar refractivity (Wildman–Crippen MR) is 91.4 cm³/mol. The fourth-order valence-corrected chi connectivity index (χ4v) is 3.76. The molecule has 3 heterocycles. The van der Waals surface area contributed by atoms with E-state index in [4.69, 9.17) is 0 Å². The van der Waals surface area contributed by atoms with Gasteiger partial charge in [-0.3, -0.25) is 19.5 Å². The lowest BCUT2D eigenvalue weighted by molar-refractivity contribution is -0.136. The molecule has 6 heteroatoms. The Balaban J connectivity index is 1.71. The van der Waals surface area contributed by atoms with Gasteiger partial charge in [-0.2, -0.15) is 0 Å². The highest BCUT2D eigenvalue weighted by atomic mass is 16.2. The summed E-state index contributed by atoms with van der Waals surface area (Å²) >= 11 is 0. The van der Waals surface area contributed by atoms with Crippen molar-refractivity contribution in [3.8, 4) is 0 Å². The van der Waals surface area contributed by atoms with Crippen molar-refractivity contribution in [1.82, 2.24) is 19.7 Å². The average Bonchev–Trinajstić information content (AvgIpc) is 2.73. The number of pyridine rings is 1. The van der Waals surface area contributed by atoms with Crippen LogP contribution in [0.25, 0.3) is 0 Å². The predicted octanol–water partition coefficient (Wildman–Crippen LogP) is 0.779. The highest BCUT2D eigenvalue weighted by Gasteiger charge is 2.42. The number of amides is 2. The van der Waals surface area contributed by atoms with Gasteiger partial charge in [-0.05, 0) is 31.5 Å². The molecule has 0 bridgehead atoms. The number of likely N-dealkylation sites (N-methyl/N-ethyl adjacent to an activating group) is 1. The van der Waals surface area contributed by atoms with Crippen molar-refractivity contribution in [2.45, 2.75) is 31.2 Å². The maximum Gasteiger partial charge on any atom is 0.227 e. The van der Waals surface area contributed by atoms with Crippen LogP contribution in [0.3, 0.4) is 0 Å². The zero-order valence-corrected chi connectivity index (χ0v) is 14.6. The summed E-state index contributed by atoms with van der Waals surface area (Å²) in [6.07, 6.45) is 6.17. The fourth-order valence-electron chi connectivity index (χ4n) is 3.76. The number of rotatable bonds is 2. The van der Waals surface area contributed by atoms with Crippen molar-refractivity contribution in [3.05, 3.63) is 30.1 Å². The number of carbonyl (C=O) groups is 2. The lowest BCUT2D eigenvalue weighted by Gasteiger charge is -2.49. The highest BCUT2D eigenvalue weighted by Crippen LogP contribution is 2.32. The van der Waals surface area contributed by atoms with Crippen molar-refractivity contribution < 1.29 is 9.59 Å². The molecule has 2 amide bonds. The fraction of sp³-hybridized carbons (Fsp3) is 0.611. The van der Waals surface area contributed by atoms with Gasteiger partial charge in [0.25, 0.3) is 0 Å². The number of nitrogens with zero attached hydrogens (tertiary/aromatic N) is 4. The van der Waals surface area contributed by atoms with E-state index in [0.29, 0.717) is 19.4 Å². The quantitative estimate of drug-likeness (QED) is 0.804. The first kappa shape index (κ1) is 16.9. The van der Waals surface area contributed by atoms with Gasteiger partial charge in [0.05, 0.1) is 6.42 Å². The minimum absolute atomic E-state index is 0.0801. The first-order valence-corrected chi connectivity index (χ1v) is 8.62.